The summed E-state index contributed by atoms with van der Waals surface area (Å²) < 4.78 is 0. The number of rotatable bonds is 11. The molecule has 0 spiro atoms. The van der Waals surface area contributed by atoms with Crippen molar-refractivity contribution >= 4 is 0 Å². The van der Waals surface area contributed by atoms with Crippen LogP contribution >= 0.6 is 0 Å². The normalized spacial score (nSPS) is 32.5. The lowest BCUT2D eigenvalue weighted by Gasteiger charge is -2.38. The Balaban J connectivity index is 1.12. The van der Waals surface area contributed by atoms with Crippen LogP contribution in [0.4, 0.5) is 0 Å². The van der Waals surface area contributed by atoms with Crippen molar-refractivity contribution in [2.45, 2.75) is 148 Å². The van der Waals surface area contributed by atoms with Gasteiger partial charge in [0.2, 0.25) is 0 Å². The first-order valence-electron chi connectivity index (χ1n) is 15.8. The molecule has 0 unspecified atom stereocenters. The van der Waals surface area contributed by atoms with E-state index in [1.54, 1.807) is 36.8 Å². The summed E-state index contributed by atoms with van der Waals surface area (Å²) in [5.41, 5.74) is 3.22. The second kappa shape index (κ2) is 14.1. The molecule has 3 aliphatic carbocycles. The van der Waals surface area contributed by atoms with Crippen LogP contribution in [0, 0.1) is 29.6 Å². The molecule has 3 fully saturated rings. The smallest absolute Gasteiger partial charge is 0.0162 e. The van der Waals surface area contributed by atoms with E-state index in [0.717, 1.165) is 35.5 Å². The zero-order valence-electron chi connectivity index (χ0n) is 22.9. The molecule has 1 aromatic rings. The Labute approximate surface area is 213 Å². The van der Waals surface area contributed by atoms with E-state index in [0.29, 0.717) is 0 Å². The maximum atomic E-state index is 2.49. The molecule has 0 saturated heterocycles. The van der Waals surface area contributed by atoms with E-state index < -0.39 is 0 Å². The van der Waals surface area contributed by atoms with E-state index in [9.17, 15) is 0 Å². The van der Waals surface area contributed by atoms with E-state index in [1.165, 1.54) is 103 Å². The molecule has 0 radical (unpaired) electrons. The fourth-order valence-corrected chi connectivity index (χ4v) is 7.99. The van der Waals surface area contributed by atoms with Gasteiger partial charge in [0.15, 0.2) is 0 Å². The average Bonchev–Trinajstić information content (AvgIpc) is 2.91. The number of aryl methyl sites for hydroxylation is 1. The van der Waals surface area contributed by atoms with E-state index in [-0.39, 0.29) is 0 Å². The quantitative estimate of drug-likeness (QED) is 0.305. The van der Waals surface area contributed by atoms with Gasteiger partial charge in [0.1, 0.15) is 0 Å². The third-order valence-corrected chi connectivity index (χ3v) is 10.5. The van der Waals surface area contributed by atoms with Crippen LogP contribution in [-0.4, -0.2) is 0 Å². The highest BCUT2D eigenvalue weighted by atomic mass is 14.4. The summed E-state index contributed by atoms with van der Waals surface area (Å²) in [5.74, 6) is 6.07. The van der Waals surface area contributed by atoms with Crippen LogP contribution in [0.3, 0.4) is 0 Å². The molecule has 0 heterocycles. The predicted octanol–water partition coefficient (Wildman–Crippen LogP) is 10.9. The molecule has 0 amide bonds. The molecule has 4 rings (SSSR count). The maximum Gasteiger partial charge on any atom is -0.0162 e. The molecule has 0 bridgehead atoms. The van der Waals surface area contributed by atoms with Crippen LogP contribution in [0.5, 0.6) is 0 Å². The molecule has 0 atom stereocenters. The van der Waals surface area contributed by atoms with Gasteiger partial charge in [-0.1, -0.05) is 102 Å². The van der Waals surface area contributed by atoms with E-state index in [1.807, 2.05) is 0 Å². The van der Waals surface area contributed by atoms with Crippen LogP contribution in [-0.2, 0) is 6.42 Å². The monoisotopic (exact) mass is 464 g/mol. The van der Waals surface area contributed by atoms with Crippen molar-refractivity contribution < 1.29 is 0 Å². The Hall–Kier alpha value is -0.780. The van der Waals surface area contributed by atoms with Crippen LogP contribution in [0.15, 0.2) is 24.3 Å². The van der Waals surface area contributed by atoms with E-state index in [2.05, 4.69) is 38.1 Å². The number of hydrogen-bond donors (Lipinski definition) is 0. The zero-order chi connectivity index (χ0) is 23.6. The van der Waals surface area contributed by atoms with Gasteiger partial charge >= 0.3 is 0 Å². The second-order valence-electron chi connectivity index (χ2n) is 12.8. The summed E-state index contributed by atoms with van der Waals surface area (Å²) >= 11 is 0. The van der Waals surface area contributed by atoms with Gasteiger partial charge in [-0.25, -0.2) is 0 Å². The molecule has 3 aliphatic rings. The molecule has 192 valence electrons. The minimum absolute atomic E-state index is 0.837. The molecule has 1 aromatic carbocycles. The Morgan fingerprint density at radius 1 is 0.529 bits per heavy atom. The molecule has 0 heteroatoms. The van der Waals surface area contributed by atoms with Crippen LogP contribution < -0.4 is 0 Å². The van der Waals surface area contributed by atoms with Gasteiger partial charge < -0.3 is 0 Å². The van der Waals surface area contributed by atoms with Crippen molar-refractivity contribution in [3.05, 3.63) is 35.4 Å². The number of hydrogen-bond acceptors (Lipinski definition) is 0. The van der Waals surface area contributed by atoms with Crippen LogP contribution in [0.1, 0.15) is 153 Å². The summed E-state index contributed by atoms with van der Waals surface area (Å²) in [6.45, 7) is 4.68. The topological polar surface area (TPSA) is 0 Å². The largest absolute Gasteiger partial charge is 0.0654 e. The lowest BCUT2D eigenvalue weighted by Crippen LogP contribution is -2.26. The summed E-state index contributed by atoms with van der Waals surface area (Å²) in [5, 5.41) is 0. The van der Waals surface area contributed by atoms with Crippen molar-refractivity contribution in [2.24, 2.45) is 29.6 Å². The summed E-state index contributed by atoms with van der Waals surface area (Å²) in [4.78, 5) is 0. The van der Waals surface area contributed by atoms with Gasteiger partial charge in [0.05, 0.1) is 0 Å². The minimum atomic E-state index is 0.837. The highest BCUT2D eigenvalue weighted by molar-refractivity contribution is 5.26. The standard InChI is InChI=1S/C34H56/c1-3-5-7-27-11-19-31(20-12-27)33-23-15-29(16-24-33)9-10-30-17-25-34(26-18-30)32-21-13-28(14-22-32)8-6-4-2/h15-16,23-24,27-28,30-32,34H,3-14,17-22,25-26H2,1-2H3/t27-,28-,30-,31-,32-,34-. The average molecular weight is 465 g/mol. The first kappa shape index (κ1) is 26.3. The molecule has 34 heavy (non-hydrogen) atoms. The van der Waals surface area contributed by atoms with Gasteiger partial charge in [0.25, 0.3) is 0 Å². The fourth-order valence-electron chi connectivity index (χ4n) is 7.99. The Bertz CT molecular complexity index is 648. The molecular weight excluding hydrogens is 408 g/mol. The molecule has 0 nitrogen and oxygen atoms in total. The van der Waals surface area contributed by atoms with Crippen molar-refractivity contribution in [3.63, 3.8) is 0 Å². The third-order valence-electron chi connectivity index (χ3n) is 10.5. The summed E-state index contributed by atoms with van der Waals surface area (Å²) in [6.07, 6.45) is 29.4. The maximum absolute atomic E-state index is 2.49. The summed E-state index contributed by atoms with van der Waals surface area (Å²) in [7, 11) is 0. The van der Waals surface area contributed by atoms with E-state index >= 15 is 0 Å². The molecule has 0 aromatic heterocycles. The van der Waals surface area contributed by atoms with Crippen molar-refractivity contribution in [1.82, 2.24) is 0 Å². The molecule has 0 aliphatic heterocycles. The highest BCUT2D eigenvalue weighted by Crippen LogP contribution is 2.43. The summed E-state index contributed by atoms with van der Waals surface area (Å²) in [6, 6.07) is 9.92. The first-order chi connectivity index (χ1) is 16.7. The van der Waals surface area contributed by atoms with Crippen molar-refractivity contribution in [3.8, 4) is 0 Å². The molecule has 0 N–H and O–H groups in total. The van der Waals surface area contributed by atoms with Crippen molar-refractivity contribution in [2.75, 3.05) is 0 Å². The van der Waals surface area contributed by atoms with Gasteiger partial charge in [-0.15, -0.1) is 0 Å². The first-order valence-corrected chi connectivity index (χ1v) is 15.8. The fraction of sp³-hybridized carbons (Fsp3) is 0.824. The lowest BCUT2D eigenvalue weighted by molar-refractivity contribution is 0.140. The molecule has 3 saturated carbocycles. The van der Waals surface area contributed by atoms with E-state index in [4.69, 9.17) is 0 Å². The van der Waals surface area contributed by atoms with Crippen LogP contribution in [0.2, 0.25) is 0 Å². The van der Waals surface area contributed by atoms with Gasteiger partial charge in [-0.05, 0) is 111 Å². The second-order valence-corrected chi connectivity index (χ2v) is 12.8. The Morgan fingerprint density at radius 3 is 1.44 bits per heavy atom. The Kier molecular flexibility index (Phi) is 10.9. The van der Waals surface area contributed by atoms with Gasteiger partial charge in [0, 0.05) is 0 Å². The SMILES string of the molecule is CCCC[C@H]1CC[C@H](c2ccc(CC[C@H]3CC[C@H]([C@H]4CC[C@H](CCCC)CC4)CC3)cc2)CC1. The third kappa shape index (κ3) is 7.86. The lowest BCUT2D eigenvalue weighted by atomic mass is 9.68. The van der Waals surface area contributed by atoms with Crippen molar-refractivity contribution in [1.29, 1.82) is 0 Å². The van der Waals surface area contributed by atoms with Gasteiger partial charge in [-0.3, -0.25) is 0 Å². The zero-order valence-corrected chi connectivity index (χ0v) is 22.9. The minimum Gasteiger partial charge on any atom is -0.0654 e. The van der Waals surface area contributed by atoms with Crippen LogP contribution in [0.25, 0.3) is 0 Å². The Morgan fingerprint density at radius 2 is 0.971 bits per heavy atom. The van der Waals surface area contributed by atoms with Gasteiger partial charge in [-0.2, -0.15) is 0 Å². The predicted molar refractivity (Wildman–Crippen MR) is 149 cm³/mol. The highest BCUT2D eigenvalue weighted by Gasteiger charge is 2.30. The number of benzene rings is 1. The number of unbranched alkanes of at least 4 members (excludes halogenated alkanes) is 2. The molecular formula is C34H56.